The van der Waals surface area contributed by atoms with Crippen LogP contribution in [0, 0.1) is 0 Å². The van der Waals surface area contributed by atoms with Crippen LogP contribution in [0.15, 0.2) is 34.9 Å². The third-order valence-corrected chi connectivity index (χ3v) is 2.74. The van der Waals surface area contributed by atoms with Gasteiger partial charge < -0.3 is 0 Å². The van der Waals surface area contributed by atoms with Crippen LogP contribution in [0.3, 0.4) is 0 Å². The van der Waals surface area contributed by atoms with Crippen molar-refractivity contribution < 1.29 is 0 Å². The zero-order valence-electron chi connectivity index (χ0n) is 10.2. The van der Waals surface area contributed by atoms with Crippen molar-refractivity contribution in [3.8, 4) is 0 Å². The molecule has 0 N–H and O–H groups in total. The van der Waals surface area contributed by atoms with E-state index in [0.717, 1.165) is 16.7 Å². The Bertz CT molecular complexity index is 544. The van der Waals surface area contributed by atoms with Gasteiger partial charge in [0.05, 0.1) is 23.4 Å². The average Bonchev–Trinajstić information content (AvgIpc) is 2.27. The van der Waals surface area contributed by atoms with Crippen molar-refractivity contribution in [1.29, 1.82) is 0 Å². The monoisotopic (exact) mass is 245 g/mol. The lowest BCUT2D eigenvalue weighted by Crippen LogP contribution is -2.05. The molecular formula is C13H15N3S. The van der Waals surface area contributed by atoms with E-state index >= 15 is 0 Å². The van der Waals surface area contributed by atoms with Gasteiger partial charge in [-0.25, -0.2) is 9.38 Å². The molecule has 1 aromatic carbocycles. The summed E-state index contributed by atoms with van der Waals surface area (Å²) >= 11 is 1.54. The van der Waals surface area contributed by atoms with E-state index in [1.54, 1.807) is 12.4 Å². The first-order chi connectivity index (χ1) is 8.04. The van der Waals surface area contributed by atoms with Gasteiger partial charge in [-0.05, 0) is 44.9 Å². The van der Waals surface area contributed by atoms with Gasteiger partial charge in [-0.15, -0.1) is 0 Å². The van der Waals surface area contributed by atoms with Gasteiger partial charge in [0.2, 0.25) is 0 Å². The minimum atomic E-state index is 0.126. The topological polar surface area (TPSA) is 38.1 Å². The summed E-state index contributed by atoms with van der Waals surface area (Å²) in [5, 5.41) is 0. The van der Waals surface area contributed by atoms with E-state index in [1.807, 2.05) is 24.3 Å². The average molecular weight is 245 g/mol. The third kappa shape index (κ3) is 3.53. The molecule has 17 heavy (non-hydrogen) atoms. The lowest BCUT2D eigenvalue weighted by molar-refractivity contribution is 0.804. The van der Waals surface area contributed by atoms with Gasteiger partial charge >= 0.3 is 0 Å². The minimum absolute atomic E-state index is 0.126. The van der Waals surface area contributed by atoms with Crippen LogP contribution in [-0.2, 0) is 0 Å². The van der Waals surface area contributed by atoms with Crippen LogP contribution in [0.4, 0.5) is 0 Å². The first-order valence-corrected chi connectivity index (χ1v) is 6.25. The zero-order valence-corrected chi connectivity index (χ0v) is 11.0. The van der Waals surface area contributed by atoms with E-state index in [9.17, 15) is 0 Å². The summed E-state index contributed by atoms with van der Waals surface area (Å²) in [6.07, 6.45) is 3.50. The fourth-order valence-electron chi connectivity index (χ4n) is 1.27. The van der Waals surface area contributed by atoms with Crippen LogP contribution in [0.25, 0.3) is 11.0 Å². The highest BCUT2D eigenvalue weighted by Crippen LogP contribution is 2.23. The molecule has 88 valence electrons. The van der Waals surface area contributed by atoms with E-state index in [1.165, 1.54) is 11.9 Å². The molecule has 0 aliphatic rings. The molecule has 2 aromatic rings. The lowest BCUT2D eigenvalue weighted by atomic mass is 10.3. The quantitative estimate of drug-likeness (QED) is 0.600. The molecule has 0 unspecified atom stereocenters. The molecule has 0 amide bonds. The SMILES string of the molecule is CC(C)(C)SN=Cc1cnc2ccccc2n1. The van der Waals surface area contributed by atoms with E-state index < -0.39 is 0 Å². The summed E-state index contributed by atoms with van der Waals surface area (Å²) in [6, 6.07) is 7.83. The Labute approximate surface area is 106 Å². The molecule has 0 aliphatic heterocycles. The Morgan fingerprint density at radius 3 is 2.59 bits per heavy atom. The summed E-state index contributed by atoms with van der Waals surface area (Å²) in [7, 11) is 0. The van der Waals surface area contributed by atoms with Gasteiger partial charge in [0.25, 0.3) is 0 Å². The van der Waals surface area contributed by atoms with E-state index in [2.05, 4.69) is 35.1 Å². The standard InChI is InChI=1S/C13H15N3S/c1-13(2,3)17-15-9-10-8-14-11-6-4-5-7-12(11)16-10/h4-9H,1-3H3. The molecule has 0 saturated carbocycles. The number of rotatable bonds is 2. The van der Waals surface area contributed by atoms with Crippen LogP contribution in [0.1, 0.15) is 26.5 Å². The first-order valence-electron chi connectivity index (χ1n) is 5.48. The van der Waals surface area contributed by atoms with Gasteiger partial charge in [0, 0.05) is 4.75 Å². The van der Waals surface area contributed by atoms with Gasteiger partial charge in [-0.3, -0.25) is 4.98 Å². The Kier molecular flexibility index (Phi) is 3.43. The molecule has 2 rings (SSSR count). The maximum Gasteiger partial charge on any atom is 0.101 e. The summed E-state index contributed by atoms with van der Waals surface area (Å²) < 4.78 is 4.43. The molecule has 1 heterocycles. The molecule has 3 nitrogen and oxygen atoms in total. The van der Waals surface area contributed by atoms with Crippen molar-refractivity contribution in [3.05, 3.63) is 36.2 Å². The number of aromatic nitrogens is 2. The molecular weight excluding hydrogens is 230 g/mol. The van der Waals surface area contributed by atoms with Gasteiger partial charge in [-0.2, -0.15) is 0 Å². The third-order valence-electron chi connectivity index (χ3n) is 1.98. The van der Waals surface area contributed by atoms with Crippen LogP contribution in [-0.4, -0.2) is 20.9 Å². The number of benzene rings is 1. The largest absolute Gasteiger partial charge is 0.252 e. The van der Waals surface area contributed by atoms with E-state index in [0.29, 0.717) is 0 Å². The Morgan fingerprint density at radius 1 is 1.18 bits per heavy atom. The van der Waals surface area contributed by atoms with Crippen LogP contribution >= 0.6 is 11.9 Å². The molecule has 1 aromatic heterocycles. The van der Waals surface area contributed by atoms with E-state index in [-0.39, 0.29) is 4.75 Å². The minimum Gasteiger partial charge on any atom is -0.252 e. The van der Waals surface area contributed by atoms with Gasteiger partial charge in [-0.1, -0.05) is 12.1 Å². The Hall–Kier alpha value is -1.42. The maximum atomic E-state index is 4.47. The highest BCUT2D eigenvalue weighted by molar-refractivity contribution is 7.99. The van der Waals surface area contributed by atoms with Gasteiger partial charge in [0.1, 0.15) is 5.69 Å². The Balaban J connectivity index is 2.20. The molecule has 0 aliphatic carbocycles. The molecule has 0 bridgehead atoms. The normalized spacial score (nSPS) is 12.4. The van der Waals surface area contributed by atoms with Crippen molar-refractivity contribution in [2.45, 2.75) is 25.5 Å². The second-order valence-corrected chi connectivity index (χ2v) is 6.34. The predicted octanol–water partition coefficient (Wildman–Crippen LogP) is 3.50. The molecule has 0 fully saturated rings. The Morgan fingerprint density at radius 2 is 1.88 bits per heavy atom. The van der Waals surface area contributed by atoms with Crippen LogP contribution in [0.5, 0.6) is 0 Å². The number of fused-ring (bicyclic) bond motifs is 1. The van der Waals surface area contributed by atoms with Crippen molar-refractivity contribution >= 4 is 29.2 Å². The second-order valence-electron chi connectivity index (χ2n) is 4.72. The highest BCUT2D eigenvalue weighted by Gasteiger charge is 2.09. The number of para-hydroxylation sites is 2. The molecule has 0 spiro atoms. The van der Waals surface area contributed by atoms with Gasteiger partial charge in [0.15, 0.2) is 0 Å². The lowest BCUT2D eigenvalue weighted by Gasteiger charge is -2.11. The fraction of sp³-hybridized carbons (Fsp3) is 0.308. The van der Waals surface area contributed by atoms with Crippen molar-refractivity contribution in [2.24, 2.45) is 4.40 Å². The van der Waals surface area contributed by atoms with Crippen LogP contribution < -0.4 is 0 Å². The predicted molar refractivity (Wildman–Crippen MR) is 74.5 cm³/mol. The van der Waals surface area contributed by atoms with Crippen molar-refractivity contribution in [1.82, 2.24) is 9.97 Å². The van der Waals surface area contributed by atoms with Crippen molar-refractivity contribution in [3.63, 3.8) is 0 Å². The van der Waals surface area contributed by atoms with Crippen molar-refractivity contribution in [2.75, 3.05) is 0 Å². The summed E-state index contributed by atoms with van der Waals surface area (Å²) in [5.41, 5.74) is 2.60. The fourth-order valence-corrected chi connectivity index (χ4v) is 1.75. The molecule has 0 radical (unpaired) electrons. The zero-order chi connectivity index (χ0) is 12.3. The molecule has 0 atom stereocenters. The number of hydrogen-bond acceptors (Lipinski definition) is 4. The molecule has 0 saturated heterocycles. The maximum absolute atomic E-state index is 4.47. The number of nitrogens with zero attached hydrogens (tertiary/aromatic N) is 3. The summed E-state index contributed by atoms with van der Waals surface area (Å²) in [6.45, 7) is 6.38. The summed E-state index contributed by atoms with van der Waals surface area (Å²) in [5.74, 6) is 0. The highest BCUT2D eigenvalue weighted by atomic mass is 32.2. The molecule has 4 heteroatoms. The number of hydrogen-bond donors (Lipinski definition) is 0. The first kappa shape index (κ1) is 12.0. The second kappa shape index (κ2) is 4.84. The van der Waals surface area contributed by atoms with Crippen LogP contribution in [0.2, 0.25) is 0 Å². The van der Waals surface area contributed by atoms with E-state index in [4.69, 9.17) is 0 Å². The summed E-state index contributed by atoms with van der Waals surface area (Å²) in [4.78, 5) is 8.80. The smallest absolute Gasteiger partial charge is 0.101 e.